The number of carbonyl (C=O) groups excluding carboxylic acids is 1. The Bertz CT molecular complexity index is 1430. The normalized spacial score (nSPS) is 11.5. The van der Waals surface area contributed by atoms with E-state index < -0.39 is 17.6 Å². The van der Waals surface area contributed by atoms with Gasteiger partial charge in [-0.05, 0) is 60.5 Å². The summed E-state index contributed by atoms with van der Waals surface area (Å²) < 4.78 is 38.9. The van der Waals surface area contributed by atoms with Gasteiger partial charge in [0.15, 0.2) is 0 Å². The Morgan fingerprint density at radius 1 is 1.09 bits per heavy atom. The zero-order valence-electron chi connectivity index (χ0n) is 17.3. The van der Waals surface area contributed by atoms with Crippen LogP contribution in [0, 0.1) is 6.92 Å². The Morgan fingerprint density at radius 3 is 2.61 bits per heavy atom. The van der Waals surface area contributed by atoms with Crippen molar-refractivity contribution >= 4 is 34.1 Å². The summed E-state index contributed by atoms with van der Waals surface area (Å²) in [6.07, 6.45) is -2.94. The van der Waals surface area contributed by atoms with Crippen molar-refractivity contribution in [3.05, 3.63) is 93.5 Å². The van der Waals surface area contributed by atoms with E-state index in [-0.39, 0.29) is 17.0 Å². The molecule has 0 aliphatic carbocycles. The molecule has 9 heteroatoms. The van der Waals surface area contributed by atoms with E-state index in [0.29, 0.717) is 33.4 Å². The molecule has 2 heterocycles. The first kappa shape index (κ1) is 22.5. The number of aromatic nitrogens is 2. The van der Waals surface area contributed by atoms with Gasteiger partial charge >= 0.3 is 6.18 Å². The molecule has 0 saturated heterocycles. The van der Waals surface area contributed by atoms with Crippen molar-refractivity contribution in [3.8, 4) is 11.1 Å². The molecule has 4 rings (SSSR count). The largest absolute Gasteiger partial charge is 0.416 e. The van der Waals surface area contributed by atoms with Gasteiger partial charge in [0, 0.05) is 28.4 Å². The number of benzene rings is 2. The molecule has 0 saturated carbocycles. The van der Waals surface area contributed by atoms with Gasteiger partial charge in [-0.3, -0.25) is 14.6 Å². The van der Waals surface area contributed by atoms with Crippen molar-refractivity contribution in [2.75, 3.05) is 5.32 Å². The molecule has 2 N–H and O–H groups in total. The van der Waals surface area contributed by atoms with Crippen LogP contribution in [-0.2, 0) is 12.1 Å². The van der Waals surface area contributed by atoms with Crippen LogP contribution in [0.5, 0.6) is 0 Å². The summed E-state index contributed by atoms with van der Waals surface area (Å²) in [6.45, 7) is 1.81. The van der Waals surface area contributed by atoms with Crippen molar-refractivity contribution in [2.45, 2.75) is 19.0 Å². The number of nitrogens with zero attached hydrogens (tertiary/aromatic N) is 1. The molecule has 0 unspecified atom stereocenters. The third-order valence-corrected chi connectivity index (χ3v) is 5.43. The second kappa shape index (κ2) is 8.71. The molecule has 1 amide bonds. The number of hydrogen-bond donors (Lipinski definition) is 2. The number of rotatable bonds is 4. The van der Waals surface area contributed by atoms with Gasteiger partial charge in [-0.15, -0.1) is 11.6 Å². The lowest BCUT2D eigenvalue weighted by Gasteiger charge is -2.12. The summed E-state index contributed by atoms with van der Waals surface area (Å²) in [5.74, 6) is -0.479. The van der Waals surface area contributed by atoms with Crippen molar-refractivity contribution in [1.29, 1.82) is 0 Å². The third-order valence-electron chi connectivity index (χ3n) is 5.16. The second-order valence-electron chi connectivity index (χ2n) is 7.47. The number of alkyl halides is 4. The van der Waals surface area contributed by atoms with Crippen LogP contribution in [0.1, 0.15) is 27.2 Å². The minimum absolute atomic E-state index is 0.128. The molecule has 168 valence electrons. The number of amides is 1. The van der Waals surface area contributed by atoms with Crippen LogP contribution in [-0.4, -0.2) is 15.9 Å². The molecule has 4 aromatic rings. The Morgan fingerprint density at radius 2 is 1.88 bits per heavy atom. The van der Waals surface area contributed by atoms with Gasteiger partial charge in [-0.2, -0.15) is 13.2 Å². The van der Waals surface area contributed by atoms with Gasteiger partial charge in [0.25, 0.3) is 11.5 Å². The highest BCUT2D eigenvalue weighted by Crippen LogP contribution is 2.30. The zero-order valence-corrected chi connectivity index (χ0v) is 18.0. The van der Waals surface area contributed by atoms with Gasteiger partial charge < -0.3 is 10.3 Å². The molecular formula is C24H17ClF3N3O2. The topological polar surface area (TPSA) is 74.8 Å². The van der Waals surface area contributed by atoms with Crippen molar-refractivity contribution in [2.24, 2.45) is 0 Å². The summed E-state index contributed by atoms with van der Waals surface area (Å²) in [5, 5.41) is 3.31. The predicted molar refractivity (Wildman–Crippen MR) is 121 cm³/mol. The van der Waals surface area contributed by atoms with Crippen LogP contribution in [0.25, 0.3) is 22.0 Å². The predicted octanol–water partition coefficient (Wildman–Crippen LogP) is 5.91. The Kier molecular flexibility index (Phi) is 5.95. The lowest BCUT2D eigenvalue weighted by molar-refractivity contribution is -0.137. The van der Waals surface area contributed by atoms with Gasteiger partial charge in [0.2, 0.25) is 0 Å². The summed E-state index contributed by atoms with van der Waals surface area (Å²) in [5.41, 5.74) is 1.92. The number of fused-ring (bicyclic) bond motifs is 1. The minimum atomic E-state index is -4.55. The first-order chi connectivity index (χ1) is 15.7. The molecule has 0 aliphatic heterocycles. The summed E-state index contributed by atoms with van der Waals surface area (Å²) >= 11 is 5.80. The SMILES string of the molecule is Cc1ccc(NC(=O)c2cccc(C(F)(F)F)c2)cc1-c1cc2cnc(CCl)cc2[nH]c1=O. The van der Waals surface area contributed by atoms with Crippen LogP contribution in [0.15, 0.2) is 65.6 Å². The fraction of sp³-hybridized carbons (Fsp3) is 0.125. The van der Waals surface area contributed by atoms with E-state index in [4.69, 9.17) is 11.6 Å². The van der Waals surface area contributed by atoms with Gasteiger partial charge in [0.05, 0.1) is 22.7 Å². The molecule has 2 aromatic carbocycles. The molecule has 0 bridgehead atoms. The van der Waals surface area contributed by atoms with Gasteiger partial charge in [-0.25, -0.2) is 0 Å². The number of nitrogens with one attached hydrogen (secondary N) is 2. The van der Waals surface area contributed by atoms with E-state index in [1.165, 1.54) is 12.1 Å². The highest BCUT2D eigenvalue weighted by molar-refractivity contribution is 6.17. The average Bonchev–Trinajstić information content (AvgIpc) is 2.79. The first-order valence-corrected chi connectivity index (χ1v) is 10.4. The molecule has 0 radical (unpaired) electrons. The monoisotopic (exact) mass is 471 g/mol. The molecule has 0 atom stereocenters. The zero-order chi connectivity index (χ0) is 23.8. The van der Waals surface area contributed by atoms with Crippen LogP contribution in [0.2, 0.25) is 0 Å². The molecule has 0 aliphatic rings. The molecule has 0 spiro atoms. The van der Waals surface area contributed by atoms with Crippen LogP contribution in [0.3, 0.4) is 0 Å². The maximum atomic E-state index is 13.0. The lowest BCUT2D eigenvalue weighted by Crippen LogP contribution is -2.14. The maximum Gasteiger partial charge on any atom is 0.416 e. The summed E-state index contributed by atoms with van der Waals surface area (Å²) in [4.78, 5) is 32.4. The molecule has 33 heavy (non-hydrogen) atoms. The highest BCUT2D eigenvalue weighted by Gasteiger charge is 2.30. The summed E-state index contributed by atoms with van der Waals surface area (Å²) in [7, 11) is 0. The standard InChI is InChI=1S/C24H17ClF3N3O2/c1-13-5-6-17(30-22(32)14-3-2-4-16(7-14)24(26,27)28)9-19(13)20-8-15-12-29-18(11-25)10-21(15)31-23(20)33/h2-10,12H,11H2,1H3,(H,30,32)(H,31,33). The van der Waals surface area contributed by atoms with Crippen molar-refractivity contribution in [1.82, 2.24) is 9.97 Å². The van der Waals surface area contributed by atoms with E-state index in [1.54, 1.807) is 36.5 Å². The van der Waals surface area contributed by atoms with Crippen LogP contribution < -0.4 is 10.9 Å². The molecule has 2 aromatic heterocycles. The number of halogens is 4. The van der Waals surface area contributed by atoms with E-state index in [9.17, 15) is 22.8 Å². The number of pyridine rings is 2. The highest BCUT2D eigenvalue weighted by atomic mass is 35.5. The number of H-pyrrole nitrogens is 1. The number of anilines is 1. The Balaban J connectivity index is 1.68. The third kappa shape index (κ3) is 4.75. The molecule has 0 fully saturated rings. The minimum Gasteiger partial charge on any atom is -0.322 e. The van der Waals surface area contributed by atoms with E-state index >= 15 is 0 Å². The fourth-order valence-electron chi connectivity index (χ4n) is 3.45. The lowest BCUT2D eigenvalue weighted by atomic mass is 9.99. The Hall–Kier alpha value is -3.65. The fourth-order valence-corrected chi connectivity index (χ4v) is 3.59. The quantitative estimate of drug-likeness (QED) is 0.363. The van der Waals surface area contributed by atoms with Gasteiger partial charge in [0.1, 0.15) is 0 Å². The van der Waals surface area contributed by atoms with Crippen molar-refractivity contribution < 1.29 is 18.0 Å². The van der Waals surface area contributed by atoms with E-state index in [1.807, 2.05) is 6.92 Å². The second-order valence-corrected chi connectivity index (χ2v) is 7.74. The van der Waals surface area contributed by atoms with Crippen LogP contribution >= 0.6 is 11.6 Å². The van der Waals surface area contributed by atoms with E-state index in [0.717, 1.165) is 17.7 Å². The first-order valence-electron chi connectivity index (χ1n) is 9.83. The summed E-state index contributed by atoms with van der Waals surface area (Å²) in [6, 6.07) is 12.5. The van der Waals surface area contributed by atoms with E-state index in [2.05, 4.69) is 15.3 Å². The number of carbonyl (C=O) groups is 1. The van der Waals surface area contributed by atoms with Crippen LogP contribution in [0.4, 0.5) is 18.9 Å². The number of aromatic amines is 1. The average molecular weight is 472 g/mol. The van der Waals surface area contributed by atoms with Crippen molar-refractivity contribution in [3.63, 3.8) is 0 Å². The number of hydrogen-bond acceptors (Lipinski definition) is 3. The maximum absolute atomic E-state index is 13.0. The molecule has 5 nitrogen and oxygen atoms in total. The smallest absolute Gasteiger partial charge is 0.322 e. The Labute approximate surface area is 191 Å². The molecular weight excluding hydrogens is 455 g/mol. The number of aryl methyl sites for hydroxylation is 1. The van der Waals surface area contributed by atoms with Gasteiger partial charge in [-0.1, -0.05) is 12.1 Å².